The number of benzene rings is 2. The molecular formula is C15H14O3S2. The lowest BCUT2D eigenvalue weighted by molar-refractivity contribution is 0.0693. The molecule has 0 amide bonds. The fourth-order valence-electron chi connectivity index (χ4n) is 1.66. The lowest BCUT2D eigenvalue weighted by Gasteiger charge is -2.08. The van der Waals surface area contributed by atoms with Crippen LogP contribution in [0.15, 0.2) is 57.2 Å². The Morgan fingerprint density at radius 2 is 1.75 bits per heavy atom. The molecule has 0 unspecified atom stereocenters. The van der Waals surface area contributed by atoms with Crippen molar-refractivity contribution >= 4 is 29.5 Å². The Balaban J connectivity index is 2.32. The van der Waals surface area contributed by atoms with E-state index in [2.05, 4.69) is 0 Å². The number of carbonyl (C=O) groups is 1. The van der Waals surface area contributed by atoms with Gasteiger partial charge in [-0.25, -0.2) is 4.79 Å². The van der Waals surface area contributed by atoms with E-state index in [0.717, 1.165) is 4.90 Å². The third-order valence-corrected chi connectivity index (χ3v) is 4.52. The number of carboxylic acid groups (broad SMARTS) is 1. The van der Waals surface area contributed by atoms with E-state index in [-0.39, 0.29) is 5.56 Å². The molecule has 20 heavy (non-hydrogen) atoms. The van der Waals surface area contributed by atoms with Gasteiger partial charge in [0.25, 0.3) is 0 Å². The molecule has 0 spiro atoms. The first-order valence-corrected chi connectivity index (χ1v) is 7.91. The molecule has 0 aromatic heterocycles. The van der Waals surface area contributed by atoms with E-state index in [4.69, 9.17) is 4.74 Å². The van der Waals surface area contributed by atoms with Crippen LogP contribution in [0.25, 0.3) is 0 Å². The van der Waals surface area contributed by atoms with E-state index in [0.29, 0.717) is 10.6 Å². The predicted octanol–water partition coefficient (Wildman–Crippen LogP) is 4.27. The summed E-state index contributed by atoms with van der Waals surface area (Å²) >= 11 is 3.10. The third kappa shape index (κ3) is 3.49. The van der Waals surface area contributed by atoms with Crippen molar-refractivity contribution in [1.29, 1.82) is 0 Å². The molecule has 2 rings (SSSR count). The topological polar surface area (TPSA) is 46.5 Å². The zero-order chi connectivity index (χ0) is 14.5. The standard InChI is InChI=1S/C15H14O3S2/c1-18-10-3-8-13(15(16)17)14(9-10)20-12-6-4-11(19-2)5-7-12/h3-9H,1-2H3,(H,16,17). The van der Waals surface area contributed by atoms with Gasteiger partial charge in [0, 0.05) is 14.7 Å². The fourth-order valence-corrected chi connectivity index (χ4v) is 3.04. The molecule has 3 nitrogen and oxygen atoms in total. The van der Waals surface area contributed by atoms with Crippen LogP contribution in [-0.4, -0.2) is 24.4 Å². The number of carboxylic acids is 1. The van der Waals surface area contributed by atoms with Crippen LogP contribution in [0.1, 0.15) is 10.4 Å². The molecular weight excluding hydrogens is 292 g/mol. The number of aromatic carboxylic acids is 1. The molecule has 1 N–H and O–H groups in total. The van der Waals surface area contributed by atoms with Crippen LogP contribution in [0.2, 0.25) is 0 Å². The van der Waals surface area contributed by atoms with Gasteiger partial charge < -0.3 is 9.84 Å². The van der Waals surface area contributed by atoms with Crippen LogP contribution in [0, 0.1) is 0 Å². The van der Waals surface area contributed by atoms with E-state index in [1.54, 1.807) is 37.1 Å². The highest BCUT2D eigenvalue weighted by atomic mass is 32.2. The van der Waals surface area contributed by atoms with E-state index < -0.39 is 5.97 Å². The second kappa shape index (κ2) is 6.72. The Kier molecular flexibility index (Phi) is 4.98. The molecule has 2 aromatic rings. The molecule has 0 radical (unpaired) electrons. The smallest absolute Gasteiger partial charge is 0.336 e. The van der Waals surface area contributed by atoms with Crippen LogP contribution in [0.4, 0.5) is 0 Å². The van der Waals surface area contributed by atoms with Gasteiger partial charge in [-0.2, -0.15) is 0 Å². The summed E-state index contributed by atoms with van der Waals surface area (Å²) < 4.78 is 5.15. The van der Waals surface area contributed by atoms with Crippen molar-refractivity contribution in [1.82, 2.24) is 0 Å². The molecule has 0 aliphatic rings. The predicted molar refractivity (Wildman–Crippen MR) is 82.3 cm³/mol. The van der Waals surface area contributed by atoms with E-state index >= 15 is 0 Å². The summed E-state index contributed by atoms with van der Waals surface area (Å²) in [6.07, 6.45) is 2.02. The van der Waals surface area contributed by atoms with Gasteiger partial charge in [-0.3, -0.25) is 0 Å². The third-order valence-electron chi connectivity index (χ3n) is 2.71. The normalized spacial score (nSPS) is 10.3. The number of methoxy groups -OCH3 is 1. The quantitative estimate of drug-likeness (QED) is 0.836. The second-order valence-electron chi connectivity index (χ2n) is 3.94. The molecule has 0 saturated carbocycles. The largest absolute Gasteiger partial charge is 0.497 e. The minimum Gasteiger partial charge on any atom is -0.497 e. The van der Waals surface area contributed by atoms with Crippen molar-refractivity contribution in [3.63, 3.8) is 0 Å². The summed E-state index contributed by atoms with van der Waals surface area (Å²) in [6, 6.07) is 13.0. The van der Waals surface area contributed by atoms with Crippen molar-refractivity contribution in [3.8, 4) is 5.75 Å². The maximum Gasteiger partial charge on any atom is 0.336 e. The first-order valence-electron chi connectivity index (χ1n) is 5.87. The van der Waals surface area contributed by atoms with E-state index in [1.807, 2.05) is 30.5 Å². The zero-order valence-electron chi connectivity index (χ0n) is 11.1. The molecule has 5 heteroatoms. The molecule has 0 aliphatic carbocycles. The van der Waals surface area contributed by atoms with Gasteiger partial charge in [0.05, 0.1) is 12.7 Å². The average molecular weight is 306 g/mol. The summed E-state index contributed by atoms with van der Waals surface area (Å²) in [6.45, 7) is 0. The number of hydrogen-bond acceptors (Lipinski definition) is 4. The second-order valence-corrected chi connectivity index (χ2v) is 5.94. The minimum absolute atomic E-state index is 0.282. The number of ether oxygens (including phenoxy) is 1. The molecule has 104 valence electrons. The van der Waals surface area contributed by atoms with Crippen LogP contribution < -0.4 is 4.74 Å². The summed E-state index contributed by atoms with van der Waals surface area (Å²) in [7, 11) is 1.57. The highest BCUT2D eigenvalue weighted by Gasteiger charge is 2.12. The lowest BCUT2D eigenvalue weighted by Crippen LogP contribution is -1.99. The van der Waals surface area contributed by atoms with Gasteiger partial charge >= 0.3 is 5.97 Å². The molecule has 0 aliphatic heterocycles. The Morgan fingerprint density at radius 1 is 1.10 bits per heavy atom. The molecule has 2 aromatic carbocycles. The van der Waals surface area contributed by atoms with Crippen LogP contribution in [0.5, 0.6) is 5.75 Å². The summed E-state index contributed by atoms with van der Waals surface area (Å²) in [5.41, 5.74) is 0.282. The number of hydrogen-bond donors (Lipinski definition) is 1. The SMILES string of the molecule is COc1ccc(C(=O)O)c(Sc2ccc(SC)cc2)c1. The summed E-state index contributed by atoms with van der Waals surface area (Å²) in [5.74, 6) is -0.283. The van der Waals surface area contributed by atoms with Gasteiger partial charge in [-0.1, -0.05) is 11.8 Å². The average Bonchev–Trinajstić information content (AvgIpc) is 2.47. The van der Waals surface area contributed by atoms with Crippen molar-refractivity contribution in [2.75, 3.05) is 13.4 Å². The first-order chi connectivity index (χ1) is 9.63. The van der Waals surface area contributed by atoms with Crippen LogP contribution in [-0.2, 0) is 0 Å². The van der Waals surface area contributed by atoms with Crippen molar-refractivity contribution in [2.45, 2.75) is 14.7 Å². The maximum absolute atomic E-state index is 11.3. The van der Waals surface area contributed by atoms with Gasteiger partial charge in [-0.05, 0) is 48.7 Å². The summed E-state index contributed by atoms with van der Waals surface area (Å²) in [5, 5.41) is 9.23. The number of rotatable bonds is 5. The zero-order valence-corrected chi connectivity index (χ0v) is 12.8. The molecule has 0 bridgehead atoms. The monoisotopic (exact) mass is 306 g/mol. The van der Waals surface area contributed by atoms with Crippen molar-refractivity contribution < 1.29 is 14.6 Å². The Morgan fingerprint density at radius 3 is 2.30 bits per heavy atom. The van der Waals surface area contributed by atoms with Gasteiger partial charge in [-0.15, -0.1) is 11.8 Å². The van der Waals surface area contributed by atoms with Crippen LogP contribution in [0.3, 0.4) is 0 Å². The summed E-state index contributed by atoms with van der Waals surface area (Å²) in [4.78, 5) is 14.1. The van der Waals surface area contributed by atoms with E-state index in [1.165, 1.54) is 16.7 Å². The van der Waals surface area contributed by atoms with Crippen molar-refractivity contribution in [2.24, 2.45) is 0 Å². The Labute approximate surface area is 126 Å². The molecule has 0 fully saturated rings. The molecule has 0 heterocycles. The Bertz CT molecular complexity index is 609. The van der Waals surface area contributed by atoms with Gasteiger partial charge in [0.15, 0.2) is 0 Å². The van der Waals surface area contributed by atoms with Gasteiger partial charge in [0.2, 0.25) is 0 Å². The van der Waals surface area contributed by atoms with Gasteiger partial charge in [0.1, 0.15) is 5.75 Å². The highest BCUT2D eigenvalue weighted by molar-refractivity contribution is 7.99. The van der Waals surface area contributed by atoms with E-state index in [9.17, 15) is 9.90 Å². The lowest BCUT2D eigenvalue weighted by atomic mass is 10.2. The maximum atomic E-state index is 11.3. The van der Waals surface area contributed by atoms with Crippen molar-refractivity contribution in [3.05, 3.63) is 48.0 Å². The molecule has 0 saturated heterocycles. The number of thioether (sulfide) groups is 1. The Hall–Kier alpha value is -1.59. The first kappa shape index (κ1) is 14.8. The minimum atomic E-state index is -0.934. The van der Waals surface area contributed by atoms with Crippen LogP contribution >= 0.6 is 23.5 Å². The fraction of sp³-hybridized carbons (Fsp3) is 0.133. The molecule has 0 atom stereocenters. The highest BCUT2D eigenvalue weighted by Crippen LogP contribution is 2.34.